The second-order valence-corrected chi connectivity index (χ2v) is 9.58. The van der Waals surface area contributed by atoms with Crippen molar-refractivity contribution < 1.29 is 14.7 Å². The Morgan fingerprint density at radius 2 is 1.97 bits per heavy atom. The van der Waals surface area contributed by atoms with Gasteiger partial charge >= 0.3 is 5.97 Å². The summed E-state index contributed by atoms with van der Waals surface area (Å²) in [5.74, 6) is -0.753. The van der Waals surface area contributed by atoms with Crippen molar-refractivity contribution in [2.45, 2.75) is 64.8 Å². The number of aromatic nitrogens is 1. The molecule has 3 N–H and O–H groups in total. The molecule has 6 nitrogen and oxygen atoms in total. The lowest BCUT2D eigenvalue weighted by Crippen LogP contribution is -2.55. The van der Waals surface area contributed by atoms with Crippen molar-refractivity contribution in [1.29, 1.82) is 0 Å². The molecule has 162 valence electrons. The number of rotatable bonds is 5. The number of fused-ring (bicyclic) bond motifs is 4. The molecule has 0 bridgehead atoms. The molecule has 1 atom stereocenters. The highest BCUT2D eigenvalue weighted by Gasteiger charge is 2.42. The maximum Gasteiger partial charge on any atom is 0.303 e. The van der Waals surface area contributed by atoms with Gasteiger partial charge in [-0.15, -0.1) is 0 Å². The highest BCUT2D eigenvalue weighted by molar-refractivity contribution is 5.86. The molecule has 1 aromatic carbocycles. The second-order valence-electron chi connectivity index (χ2n) is 9.58. The molecule has 3 heterocycles. The lowest BCUT2D eigenvalue weighted by molar-refractivity contribution is -0.141. The Morgan fingerprint density at radius 3 is 2.63 bits per heavy atom. The predicted octanol–water partition coefficient (Wildman–Crippen LogP) is 3.72. The van der Waals surface area contributed by atoms with E-state index in [1.807, 2.05) is 18.7 Å². The molecule has 2 aromatic rings. The first kappa shape index (κ1) is 20.9. The van der Waals surface area contributed by atoms with E-state index >= 15 is 0 Å². The molecule has 1 saturated heterocycles. The molecule has 2 aliphatic heterocycles. The van der Waals surface area contributed by atoms with Crippen LogP contribution < -0.4 is 5.32 Å². The molecule has 30 heavy (non-hydrogen) atoms. The fraction of sp³-hybridized carbons (Fsp3) is 0.583. The molecule has 1 amide bonds. The zero-order valence-corrected chi connectivity index (χ0v) is 18.3. The molecule has 1 spiro atoms. The lowest BCUT2D eigenvalue weighted by atomic mass is 9.78. The third-order valence-electron chi connectivity index (χ3n) is 7.36. The van der Waals surface area contributed by atoms with E-state index in [1.54, 1.807) is 0 Å². The van der Waals surface area contributed by atoms with E-state index in [2.05, 4.69) is 35.4 Å². The number of carboxylic acid groups (broad SMARTS) is 1. The first-order valence-corrected chi connectivity index (χ1v) is 11.1. The summed E-state index contributed by atoms with van der Waals surface area (Å²) < 4.78 is 0. The van der Waals surface area contributed by atoms with E-state index in [9.17, 15) is 14.7 Å². The Bertz CT molecular complexity index is 971. The third kappa shape index (κ3) is 3.73. The van der Waals surface area contributed by atoms with E-state index in [0.717, 1.165) is 25.8 Å². The zero-order valence-electron chi connectivity index (χ0n) is 18.3. The van der Waals surface area contributed by atoms with E-state index in [4.69, 9.17) is 0 Å². The van der Waals surface area contributed by atoms with Gasteiger partial charge in [0.15, 0.2) is 0 Å². The van der Waals surface area contributed by atoms with Gasteiger partial charge in [0, 0.05) is 42.7 Å². The standard InChI is InChI=1S/C24H33N3O3/c1-4-23(3,15-21(29)30)14-20(28)27-11-8-24(9-12-27)22-17(7-10-25-24)18-13-16(2)5-6-19(18)26-22/h5-6,13,25-26H,4,7-12,14-15H2,1-3H3,(H,29,30). The van der Waals surface area contributed by atoms with E-state index in [1.165, 1.54) is 27.7 Å². The number of likely N-dealkylation sites (tertiary alicyclic amines) is 1. The Morgan fingerprint density at radius 1 is 1.23 bits per heavy atom. The van der Waals surface area contributed by atoms with Gasteiger partial charge in [-0.05, 0) is 55.7 Å². The monoisotopic (exact) mass is 411 g/mol. The third-order valence-corrected chi connectivity index (χ3v) is 7.36. The molecule has 4 rings (SSSR count). The molecule has 0 saturated carbocycles. The number of carbonyl (C=O) groups excluding carboxylic acids is 1. The van der Waals surface area contributed by atoms with Gasteiger partial charge in [0.1, 0.15) is 0 Å². The van der Waals surface area contributed by atoms with Crippen molar-refractivity contribution in [2.75, 3.05) is 19.6 Å². The number of carbonyl (C=O) groups is 2. The molecule has 0 radical (unpaired) electrons. The molecular weight excluding hydrogens is 378 g/mol. The Kier molecular flexibility index (Phi) is 5.39. The minimum absolute atomic E-state index is 0.0341. The van der Waals surface area contributed by atoms with Crippen LogP contribution in [0.2, 0.25) is 0 Å². The van der Waals surface area contributed by atoms with Crippen LogP contribution in [0.1, 0.15) is 62.8 Å². The zero-order chi connectivity index (χ0) is 21.5. The van der Waals surface area contributed by atoms with Gasteiger partial charge < -0.3 is 20.3 Å². The van der Waals surface area contributed by atoms with E-state index in [0.29, 0.717) is 25.9 Å². The van der Waals surface area contributed by atoms with Gasteiger partial charge in [0.05, 0.1) is 12.0 Å². The summed E-state index contributed by atoms with van der Waals surface area (Å²) in [5.41, 5.74) is 4.60. The average Bonchev–Trinajstić information content (AvgIpc) is 3.07. The van der Waals surface area contributed by atoms with Crippen molar-refractivity contribution in [3.05, 3.63) is 35.0 Å². The fourth-order valence-corrected chi connectivity index (χ4v) is 5.26. The summed E-state index contributed by atoms with van der Waals surface area (Å²) in [6, 6.07) is 6.59. The van der Waals surface area contributed by atoms with Crippen LogP contribution in [-0.4, -0.2) is 46.5 Å². The quantitative estimate of drug-likeness (QED) is 0.700. The number of H-pyrrole nitrogens is 1. The summed E-state index contributed by atoms with van der Waals surface area (Å²) in [7, 11) is 0. The van der Waals surface area contributed by atoms with Gasteiger partial charge in [-0.25, -0.2) is 0 Å². The van der Waals surface area contributed by atoms with Crippen LogP contribution >= 0.6 is 0 Å². The van der Waals surface area contributed by atoms with Crippen LogP contribution in [0.15, 0.2) is 18.2 Å². The maximum absolute atomic E-state index is 13.0. The summed E-state index contributed by atoms with van der Waals surface area (Å²) in [4.78, 5) is 29.8. The number of nitrogens with one attached hydrogen (secondary N) is 2. The highest BCUT2D eigenvalue weighted by Crippen LogP contribution is 2.41. The molecule has 1 fully saturated rings. The van der Waals surface area contributed by atoms with Crippen LogP contribution in [-0.2, 0) is 21.5 Å². The van der Waals surface area contributed by atoms with Crippen LogP contribution in [0.5, 0.6) is 0 Å². The number of hydrogen-bond acceptors (Lipinski definition) is 3. The summed E-state index contributed by atoms with van der Waals surface area (Å²) in [5, 5.41) is 14.3. The average molecular weight is 412 g/mol. The van der Waals surface area contributed by atoms with Crippen LogP contribution in [0.3, 0.4) is 0 Å². The fourth-order valence-electron chi connectivity index (χ4n) is 5.26. The Labute approximate surface area is 178 Å². The Balaban J connectivity index is 1.50. The minimum Gasteiger partial charge on any atom is -0.481 e. The van der Waals surface area contributed by atoms with Gasteiger partial charge in [-0.2, -0.15) is 0 Å². The molecule has 2 aliphatic rings. The number of aliphatic carboxylic acids is 1. The number of amides is 1. The van der Waals surface area contributed by atoms with E-state index < -0.39 is 11.4 Å². The first-order chi connectivity index (χ1) is 14.3. The first-order valence-electron chi connectivity index (χ1n) is 11.1. The van der Waals surface area contributed by atoms with Gasteiger partial charge in [-0.3, -0.25) is 9.59 Å². The van der Waals surface area contributed by atoms with E-state index in [-0.39, 0.29) is 17.9 Å². The van der Waals surface area contributed by atoms with Crippen LogP contribution in [0.25, 0.3) is 10.9 Å². The summed E-state index contributed by atoms with van der Waals surface area (Å²) in [6.45, 7) is 8.36. The number of carboxylic acids is 1. The number of aryl methyl sites for hydroxylation is 1. The summed E-state index contributed by atoms with van der Waals surface area (Å²) in [6.07, 6.45) is 3.79. The number of aromatic amines is 1. The highest BCUT2D eigenvalue weighted by atomic mass is 16.4. The smallest absolute Gasteiger partial charge is 0.303 e. The normalized spacial score (nSPS) is 20.2. The van der Waals surface area contributed by atoms with Crippen molar-refractivity contribution in [2.24, 2.45) is 5.41 Å². The molecule has 1 aromatic heterocycles. The molecule has 6 heteroatoms. The number of hydrogen-bond donors (Lipinski definition) is 3. The van der Waals surface area contributed by atoms with Crippen molar-refractivity contribution in [3.63, 3.8) is 0 Å². The maximum atomic E-state index is 13.0. The van der Waals surface area contributed by atoms with Crippen molar-refractivity contribution in [3.8, 4) is 0 Å². The molecule has 0 aliphatic carbocycles. The van der Waals surface area contributed by atoms with Gasteiger partial charge in [0.25, 0.3) is 0 Å². The van der Waals surface area contributed by atoms with Gasteiger partial charge in [-0.1, -0.05) is 25.5 Å². The minimum atomic E-state index is -0.835. The SMILES string of the molecule is CCC(C)(CC(=O)O)CC(=O)N1CCC2(CC1)NCCc1c2[nH]c2ccc(C)cc12. The van der Waals surface area contributed by atoms with Gasteiger partial charge in [0.2, 0.25) is 5.91 Å². The molecular formula is C24H33N3O3. The number of nitrogens with zero attached hydrogens (tertiary/aromatic N) is 1. The topological polar surface area (TPSA) is 85.4 Å². The number of piperidine rings is 1. The summed E-state index contributed by atoms with van der Waals surface area (Å²) >= 11 is 0. The van der Waals surface area contributed by atoms with Crippen molar-refractivity contribution in [1.82, 2.24) is 15.2 Å². The Hall–Kier alpha value is -2.34. The van der Waals surface area contributed by atoms with Crippen LogP contribution in [0.4, 0.5) is 0 Å². The molecule has 1 unspecified atom stereocenters. The second kappa shape index (κ2) is 7.73. The largest absolute Gasteiger partial charge is 0.481 e. The van der Waals surface area contributed by atoms with Crippen molar-refractivity contribution >= 4 is 22.8 Å². The predicted molar refractivity (Wildman–Crippen MR) is 118 cm³/mol. The number of benzene rings is 1. The van der Waals surface area contributed by atoms with Crippen LogP contribution in [0, 0.1) is 12.3 Å². The lowest BCUT2D eigenvalue weighted by Gasteiger charge is -2.45.